The van der Waals surface area contributed by atoms with Crippen LogP contribution >= 0.6 is 38.5 Å². The molecule has 0 aliphatic heterocycles. The summed E-state index contributed by atoms with van der Waals surface area (Å²) < 4.78 is 11.4. The largest absolute Gasteiger partial charge is 0.492 e. The summed E-state index contributed by atoms with van der Waals surface area (Å²) >= 11 is 5.50. The molecule has 0 aliphatic rings. The van der Waals surface area contributed by atoms with Gasteiger partial charge in [0, 0.05) is 3.57 Å². The van der Waals surface area contributed by atoms with Crippen LogP contribution in [0.25, 0.3) is 11.1 Å². The van der Waals surface area contributed by atoms with Crippen LogP contribution in [0.2, 0.25) is 0 Å². The first kappa shape index (κ1) is 16.3. The van der Waals surface area contributed by atoms with Crippen molar-refractivity contribution in [3.8, 4) is 16.9 Å². The van der Waals surface area contributed by atoms with Crippen LogP contribution < -0.4 is 4.74 Å². The Morgan fingerprint density at radius 2 is 1.62 bits per heavy atom. The summed E-state index contributed by atoms with van der Waals surface area (Å²) in [6.45, 7) is 0.232. The Morgan fingerprint density at radius 3 is 2.14 bits per heavy atom. The van der Waals surface area contributed by atoms with E-state index in [1.165, 1.54) is 10.7 Å². The van der Waals surface area contributed by atoms with Gasteiger partial charge in [-0.15, -0.1) is 0 Å². The highest BCUT2D eigenvalue weighted by Gasteiger charge is 2.15. The molecule has 110 valence electrons. The average molecular weight is 461 g/mol. The minimum absolute atomic E-state index is 0.232. The maximum atomic E-state index is 11.2. The first-order valence-corrected chi connectivity index (χ1v) is 8.30. The minimum atomic E-state index is -0.460. The third-order valence-corrected chi connectivity index (χ3v) is 4.24. The van der Waals surface area contributed by atoms with Gasteiger partial charge in [-0.05, 0) is 58.0 Å². The number of esters is 1. The van der Waals surface area contributed by atoms with Gasteiger partial charge in [-0.3, -0.25) is 4.79 Å². The lowest BCUT2D eigenvalue weighted by molar-refractivity contribution is -0.140. The molecule has 0 amide bonds. The van der Waals surface area contributed by atoms with Gasteiger partial charge in [-0.1, -0.05) is 40.2 Å². The first-order valence-electron chi connectivity index (χ1n) is 6.31. The second kappa shape index (κ2) is 7.79. The van der Waals surface area contributed by atoms with E-state index in [1.54, 1.807) is 0 Å². The van der Waals surface area contributed by atoms with Crippen molar-refractivity contribution in [2.24, 2.45) is 0 Å². The van der Waals surface area contributed by atoms with Crippen LogP contribution in [0.15, 0.2) is 48.5 Å². The molecule has 1 atom stereocenters. The Balaban J connectivity index is 1.99. The number of methoxy groups -OCH3 is 1. The first-order chi connectivity index (χ1) is 10.1. The van der Waals surface area contributed by atoms with Crippen molar-refractivity contribution in [1.82, 2.24) is 0 Å². The highest BCUT2D eigenvalue weighted by Crippen LogP contribution is 2.23. The molecule has 0 saturated carbocycles. The molecule has 0 radical (unpaired) electrons. The fourth-order valence-corrected chi connectivity index (χ4v) is 2.43. The maximum Gasteiger partial charge on any atom is 0.322 e. The zero-order chi connectivity index (χ0) is 15.2. The van der Waals surface area contributed by atoms with E-state index in [0.29, 0.717) is 0 Å². The fraction of sp³-hybridized carbons (Fsp3) is 0.188. The van der Waals surface area contributed by atoms with Gasteiger partial charge < -0.3 is 9.47 Å². The molecule has 0 aromatic heterocycles. The summed E-state index contributed by atoms with van der Waals surface area (Å²) in [6.07, 6.45) is 0. The normalized spacial score (nSPS) is 11.8. The van der Waals surface area contributed by atoms with Crippen molar-refractivity contribution in [2.75, 3.05) is 13.7 Å². The lowest BCUT2D eigenvalue weighted by Gasteiger charge is -2.10. The number of hydrogen-bond donors (Lipinski definition) is 0. The Labute approximate surface area is 145 Å². The average Bonchev–Trinajstić information content (AvgIpc) is 2.53. The van der Waals surface area contributed by atoms with Crippen LogP contribution in [-0.2, 0) is 9.53 Å². The third kappa shape index (κ3) is 4.71. The molecular formula is C16H14BrIO3. The van der Waals surface area contributed by atoms with Crippen molar-refractivity contribution >= 4 is 44.5 Å². The molecular weight excluding hydrogens is 447 g/mol. The highest BCUT2D eigenvalue weighted by atomic mass is 127. The molecule has 0 bridgehead atoms. The number of carbonyl (C=O) groups excluding carboxylic acids is 1. The van der Waals surface area contributed by atoms with Gasteiger partial charge in [0.1, 0.15) is 17.2 Å². The molecule has 5 heteroatoms. The standard InChI is InChI=1S/C16H14BrIO3/c1-20-16(19)15(17)10-21-14-8-4-12(5-9-14)11-2-6-13(18)7-3-11/h2-9,15H,10H2,1H3. The SMILES string of the molecule is COC(=O)C(Br)COc1ccc(-c2ccc(I)cc2)cc1. The van der Waals surface area contributed by atoms with E-state index in [1.807, 2.05) is 24.3 Å². The van der Waals surface area contributed by atoms with Crippen molar-refractivity contribution in [2.45, 2.75) is 4.83 Å². The van der Waals surface area contributed by atoms with Gasteiger partial charge in [-0.25, -0.2) is 0 Å². The molecule has 1 unspecified atom stereocenters. The van der Waals surface area contributed by atoms with E-state index in [-0.39, 0.29) is 12.6 Å². The smallest absolute Gasteiger partial charge is 0.322 e. The van der Waals surface area contributed by atoms with E-state index in [0.717, 1.165) is 16.9 Å². The van der Waals surface area contributed by atoms with Crippen molar-refractivity contribution in [3.63, 3.8) is 0 Å². The zero-order valence-corrected chi connectivity index (χ0v) is 15.1. The summed E-state index contributed by atoms with van der Waals surface area (Å²) in [7, 11) is 1.35. The molecule has 0 aliphatic carbocycles. The summed E-state index contributed by atoms with van der Waals surface area (Å²) in [4.78, 5) is 10.8. The molecule has 0 saturated heterocycles. The Kier molecular flexibility index (Phi) is 6.05. The molecule has 3 nitrogen and oxygen atoms in total. The molecule has 2 rings (SSSR count). The van der Waals surface area contributed by atoms with Gasteiger partial charge in [0.25, 0.3) is 0 Å². The summed E-state index contributed by atoms with van der Waals surface area (Å²) in [5.41, 5.74) is 2.29. The summed E-state index contributed by atoms with van der Waals surface area (Å²) in [6, 6.07) is 16.1. The van der Waals surface area contributed by atoms with Gasteiger partial charge in [0.05, 0.1) is 7.11 Å². The molecule has 0 fully saturated rings. The molecule has 2 aromatic carbocycles. The van der Waals surface area contributed by atoms with Crippen molar-refractivity contribution in [3.05, 3.63) is 52.1 Å². The molecule has 21 heavy (non-hydrogen) atoms. The third-order valence-electron chi connectivity index (χ3n) is 2.89. The monoisotopic (exact) mass is 460 g/mol. The quantitative estimate of drug-likeness (QED) is 0.379. The molecule has 2 aromatic rings. The fourth-order valence-electron chi connectivity index (χ4n) is 1.75. The number of halogens is 2. The van der Waals surface area contributed by atoms with Crippen LogP contribution in [-0.4, -0.2) is 24.5 Å². The topological polar surface area (TPSA) is 35.5 Å². The number of rotatable bonds is 5. The van der Waals surface area contributed by atoms with E-state index < -0.39 is 4.83 Å². The second-order valence-electron chi connectivity index (χ2n) is 4.33. The van der Waals surface area contributed by atoms with E-state index >= 15 is 0 Å². The lowest BCUT2D eigenvalue weighted by Crippen LogP contribution is -2.22. The van der Waals surface area contributed by atoms with Crippen molar-refractivity contribution in [1.29, 1.82) is 0 Å². The number of ether oxygens (including phenoxy) is 2. The van der Waals surface area contributed by atoms with Crippen LogP contribution in [0, 0.1) is 3.57 Å². The van der Waals surface area contributed by atoms with Crippen LogP contribution in [0.1, 0.15) is 0 Å². The molecule has 0 N–H and O–H groups in total. The maximum absolute atomic E-state index is 11.2. The van der Waals surface area contributed by atoms with Crippen LogP contribution in [0.3, 0.4) is 0 Å². The van der Waals surface area contributed by atoms with E-state index in [4.69, 9.17) is 4.74 Å². The van der Waals surface area contributed by atoms with Crippen molar-refractivity contribution < 1.29 is 14.3 Å². The highest BCUT2D eigenvalue weighted by molar-refractivity contribution is 14.1. The number of alkyl halides is 1. The van der Waals surface area contributed by atoms with Crippen LogP contribution in [0.4, 0.5) is 0 Å². The number of carbonyl (C=O) groups is 1. The van der Waals surface area contributed by atoms with E-state index in [2.05, 4.69) is 67.5 Å². The predicted octanol–water partition coefficient (Wildman–Crippen LogP) is 4.27. The van der Waals surface area contributed by atoms with Gasteiger partial charge >= 0.3 is 5.97 Å². The summed E-state index contributed by atoms with van der Waals surface area (Å²) in [5.74, 6) is 0.378. The summed E-state index contributed by atoms with van der Waals surface area (Å²) in [5, 5.41) is 0. The Morgan fingerprint density at radius 1 is 1.10 bits per heavy atom. The van der Waals surface area contributed by atoms with Gasteiger partial charge in [0.15, 0.2) is 0 Å². The minimum Gasteiger partial charge on any atom is -0.492 e. The predicted molar refractivity (Wildman–Crippen MR) is 94.8 cm³/mol. The zero-order valence-electron chi connectivity index (χ0n) is 11.4. The van der Waals surface area contributed by atoms with E-state index in [9.17, 15) is 4.79 Å². The lowest BCUT2D eigenvalue weighted by atomic mass is 10.1. The molecule has 0 spiro atoms. The Bertz CT molecular complexity index is 596. The Hall–Kier alpha value is -1.08. The number of benzene rings is 2. The molecule has 0 heterocycles. The van der Waals surface area contributed by atoms with Gasteiger partial charge in [0.2, 0.25) is 0 Å². The number of hydrogen-bond acceptors (Lipinski definition) is 3. The van der Waals surface area contributed by atoms with Crippen LogP contribution in [0.5, 0.6) is 5.75 Å². The second-order valence-corrected chi connectivity index (χ2v) is 6.68. The van der Waals surface area contributed by atoms with Gasteiger partial charge in [-0.2, -0.15) is 0 Å².